The van der Waals surface area contributed by atoms with Crippen LogP contribution in [0.1, 0.15) is 5.76 Å². The molecule has 0 fully saturated rings. The lowest BCUT2D eigenvalue weighted by Gasteiger charge is -1.91. The maximum atomic E-state index is 10.4. The molecule has 0 radical (unpaired) electrons. The van der Waals surface area contributed by atoms with Gasteiger partial charge in [-0.15, -0.1) is 0 Å². The summed E-state index contributed by atoms with van der Waals surface area (Å²) < 4.78 is 4.79. The van der Waals surface area contributed by atoms with Crippen LogP contribution in [0.2, 0.25) is 0 Å². The summed E-state index contributed by atoms with van der Waals surface area (Å²) in [5.41, 5.74) is 7.15. The highest BCUT2D eigenvalue weighted by Crippen LogP contribution is 2.16. The lowest BCUT2D eigenvalue weighted by atomic mass is 10.4. The van der Waals surface area contributed by atoms with Crippen LogP contribution in [-0.4, -0.2) is 16.3 Å². The number of rotatable bonds is 3. The first kappa shape index (κ1) is 10.1. The molecule has 0 aliphatic carbocycles. The number of nitrogens with zero attached hydrogens (tertiary/aromatic N) is 2. The van der Waals surface area contributed by atoms with E-state index in [1.165, 1.54) is 12.3 Å². The molecule has 74 valence electrons. The van der Waals surface area contributed by atoms with E-state index in [1.807, 2.05) is 0 Å². The van der Waals surface area contributed by atoms with Crippen LogP contribution < -0.4 is 11.2 Å². The van der Waals surface area contributed by atoms with Crippen molar-refractivity contribution in [3.05, 3.63) is 28.2 Å². The van der Waals surface area contributed by atoms with Gasteiger partial charge in [0.25, 0.3) is 0 Å². The third-order valence-electron chi connectivity index (χ3n) is 1.23. The highest BCUT2D eigenvalue weighted by Gasteiger charge is 2.14. The molecule has 1 aromatic rings. The van der Waals surface area contributed by atoms with E-state index >= 15 is 0 Å². The number of nitrogens with one attached hydrogen (secondary N) is 1. The predicted molar refractivity (Wildman–Crippen MR) is 52.9 cm³/mol. The highest BCUT2D eigenvalue weighted by molar-refractivity contribution is 7.80. The number of nitrogens with two attached hydrogens (primary N) is 1. The van der Waals surface area contributed by atoms with E-state index in [9.17, 15) is 10.1 Å². The summed E-state index contributed by atoms with van der Waals surface area (Å²) in [6.07, 6.45) is 2.32. The second-order valence-corrected chi connectivity index (χ2v) is 2.60. The first-order chi connectivity index (χ1) is 6.61. The van der Waals surface area contributed by atoms with Crippen LogP contribution >= 0.6 is 12.2 Å². The SMILES string of the molecule is NC(=S)NN=Cc1occc1[N+](=O)[O-]. The van der Waals surface area contributed by atoms with E-state index in [4.69, 9.17) is 10.2 Å². The van der Waals surface area contributed by atoms with Crippen LogP contribution in [0.4, 0.5) is 5.69 Å². The molecule has 8 heteroatoms. The molecular formula is C6H6N4O3S. The Labute approximate surface area is 83.7 Å². The van der Waals surface area contributed by atoms with Gasteiger partial charge in [0.1, 0.15) is 0 Å². The van der Waals surface area contributed by atoms with Crippen LogP contribution in [0.3, 0.4) is 0 Å². The number of hydrogen-bond donors (Lipinski definition) is 2. The Balaban J connectivity index is 2.76. The van der Waals surface area contributed by atoms with Gasteiger partial charge in [-0.2, -0.15) is 5.10 Å². The largest absolute Gasteiger partial charge is 0.456 e. The Bertz CT molecular complexity index is 386. The quantitative estimate of drug-likeness (QED) is 0.325. The molecule has 1 aromatic heterocycles. The molecule has 0 amide bonds. The minimum Gasteiger partial charge on any atom is -0.456 e. The summed E-state index contributed by atoms with van der Waals surface area (Å²) in [6, 6.07) is 1.22. The fourth-order valence-electron chi connectivity index (χ4n) is 0.716. The van der Waals surface area contributed by atoms with Crippen molar-refractivity contribution >= 4 is 29.2 Å². The molecule has 0 saturated carbocycles. The molecular weight excluding hydrogens is 208 g/mol. The third-order valence-corrected chi connectivity index (χ3v) is 1.32. The summed E-state index contributed by atoms with van der Waals surface area (Å²) in [4.78, 5) is 9.82. The third kappa shape index (κ3) is 2.52. The lowest BCUT2D eigenvalue weighted by molar-refractivity contribution is -0.385. The monoisotopic (exact) mass is 214 g/mol. The van der Waals surface area contributed by atoms with Crippen molar-refractivity contribution in [3.63, 3.8) is 0 Å². The number of hydrogen-bond acceptors (Lipinski definition) is 5. The second-order valence-electron chi connectivity index (χ2n) is 2.16. The maximum Gasteiger partial charge on any atom is 0.316 e. The zero-order valence-corrected chi connectivity index (χ0v) is 7.65. The van der Waals surface area contributed by atoms with Crippen molar-refractivity contribution in [2.75, 3.05) is 0 Å². The van der Waals surface area contributed by atoms with Crippen molar-refractivity contribution in [2.24, 2.45) is 10.8 Å². The minimum atomic E-state index is -0.578. The first-order valence-electron chi connectivity index (χ1n) is 3.41. The average molecular weight is 214 g/mol. The van der Waals surface area contributed by atoms with Crippen molar-refractivity contribution in [1.29, 1.82) is 0 Å². The fraction of sp³-hybridized carbons (Fsp3) is 0. The van der Waals surface area contributed by atoms with E-state index in [0.717, 1.165) is 6.21 Å². The Kier molecular flexibility index (Phi) is 3.13. The lowest BCUT2D eigenvalue weighted by Crippen LogP contribution is -2.23. The summed E-state index contributed by atoms with van der Waals surface area (Å²) in [5.74, 6) is 0.0266. The highest BCUT2D eigenvalue weighted by atomic mass is 32.1. The van der Waals surface area contributed by atoms with E-state index in [0.29, 0.717) is 0 Å². The van der Waals surface area contributed by atoms with Gasteiger partial charge in [0.15, 0.2) is 5.11 Å². The van der Waals surface area contributed by atoms with Crippen LogP contribution in [0.5, 0.6) is 0 Å². The van der Waals surface area contributed by atoms with Gasteiger partial charge in [-0.1, -0.05) is 0 Å². The first-order valence-corrected chi connectivity index (χ1v) is 3.82. The van der Waals surface area contributed by atoms with Gasteiger partial charge in [-0.3, -0.25) is 15.5 Å². The molecule has 0 aromatic carbocycles. The van der Waals surface area contributed by atoms with Crippen LogP contribution in [0.15, 0.2) is 21.8 Å². The van der Waals surface area contributed by atoms with Crippen LogP contribution in [0.25, 0.3) is 0 Å². The van der Waals surface area contributed by atoms with Crippen molar-refractivity contribution < 1.29 is 9.34 Å². The molecule has 14 heavy (non-hydrogen) atoms. The Hall–Kier alpha value is -1.96. The summed E-state index contributed by atoms with van der Waals surface area (Å²) in [6.45, 7) is 0. The predicted octanol–water partition coefficient (Wildman–Crippen LogP) is 0.355. The molecule has 0 unspecified atom stereocenters. The molecule has 1 rings (SSSR count). The summed E-state index contributed by atoms with van der Waals surface area (Å²) in [5, 5.41) is 13.9. The number of furan rings is 1. The molecule has 0 aliphatic rings. The molecule has 0 spiro atoms. The Morgan fingerprint density at radius 1 is 1.86 bits per heavy atom. The van der Waals surface area contributed by atoms with E-state index in [-0.39, 0.29) is 16.6 Å². The minimum absolute atomic E-state index is 0.0266. The van der Waals surface area contributed by atoms with Crippen molar-refractivity contribution in [1.82, 2.24) is 5.43 Å². The van der Waals surface area contributed by atoms with Gasteiger partial charge in [-0.05, 0) is 12.2 Å². The van der Waals surface area contributed by atoms with Gasteiger partial charge in [0, 0.05) is 0 Å². The topological polar surface area (TPSA) is 107 Å². The van der Waals surface area contributed by atoms with Crippen LogP contribution in [0, 0.1) is 10.1 Å². The van der Waals surface area contributed by atoms with Gasteiger partial charge in [0.05, 0.1) is 23.5 Å². The van der Waals surface area contributed by atoms with Gasteiger partial charge in [0.2, 0.25) is 5.76 Å². The van der Waals surface area contributed by atoms with Crippen molar-refractivity contribution in [3.8, 4) is 0 Å². The summed E-state index contributed by atoms with van der Waals surface area (Å²) in [7, 11) is 0. The Morgan fingerprint density at radius 2 is 2.57 bits per heavy atom. The van der Waals surface area contributed by atoms with Gasteiger partial charge >= 0.3 is 5.69 Å². The zero-order chi connectivity index (χ0) is 10.6. The molecule has 1 heterocycles. The smallest absolute Gasteiger partial charge is 0.316 e. The maximum absolute atomic E-state index is 10.4. The Morgan fingerprint density at radius 3 is 3.14 bits per heavy atom. The standard InChI is InChI=1S/C6H6N4O3S/c7-6(14)9-8-3-5-4(10(11)12)1-2-13-5/h1-3H,(H3,7,9,14). The second kappa shape index (κ2) is 4.33. The number of hydrazone groups is 1. The molecule has 0 saturated heterocycles. The van der Waals surface area contributed by atoms with E-state index in [1.54, 1.807) is 0 Å². The average Bonchev–Trinajstić information content (AvgIpc) is 2.51. The zero-order valence-electron chi connectivity index (χ0n) is 6.84. The molecule has 7 nitrogen and oxygen atoms in total. The van der Waals surface area contributed by atoms with Gasteiger partial charge in [-0.25, -0.2) is 0 Å². The molecule has 0 atom stereocenters. The number of thiocarbonyl (C=S) groups is 1. The summed E-state index contributed by atoms with van der Waals surface area (Å²) >= 11 is 4.46. The van der Waals surface area contributed by atoms with Crippen LogP contribution in [-0.2, 0) is 0 Å². The van der Waals surface area contributed by atoms with E-state index in [2.05, 4.69) is 22.7 Å². The molecule has 0 aliphatic heterocycles. The molecule has 3 N–H and O–H groups in total. The number of nitro groups is 1. The van der Waals surface area contributed by atoms with Crippen molar-refractivity contribution in [2.45, 2.75) is 0 Å². The fourth-order valence-corrected chi connectivity index (χ4v) is 0.769. The normalized spacial score (nSPS) is 10.3. The molecule has 0 bridgehead atoms. The van der Waals surface area contributed by atoms with E-state index < -0.39 is 4.92 Å². The van der Waals surface area contributed by atoms with Gasteiger partial charge < -0.3 is 10.2 Å².